The first kappa shape index (κ1) is 17.2. The molecule has 1 aromatic carbocycles. The molecule has 0 spiro atoms. The fourth-order valence-corrected chi connectivity index (χ4v) is 3.05. The second kappa shape index (κ2) is 7.53. The summed E-state index contributed by atoms with van der Waals surface area (Å²) in [4.78, 5) is 16.8. The van der Waals surface area contributed by atoms with E-state index in [1.54, 1.807) is 12.3 Å². The zero-order valence-corrected chi connectivity index (χ0v) is 15.0. The Morgan fingerprint density at radius 2 is 1.88 bits per heavy atom. The van der Waals surface area contributed by atoms with Crippen LogP contribution in [0.25, 0.3) is 5.69 Å². The van der Waals surface area contributed by atoms with E-state index in [0.29, 0.717) is 23.6 Å². The van der Waals surface area contributed by atoms with Crippen LogP contribution in [0.1, 0.15) is 27.4 Å². The zero-order valence-electron chi connectivity index (χ0n) is 14.3. The smallest absolute Gasteiger partial charge is 0.252 e. The first-order valence-electron chi connectivity index (χ1n) is 8.19. The Morgan fingerprint density at radius 3 is 2.56 bits per heavy atom. The molecule has 3 aromatic rings. The average molecular weight is 354 g/mol. The monoisotopic (exact) mass is 353 g/mol. The molecule has 5 heteroatoms. The van der Waals surface area contributed by atoms with Crippen molar-refractivity contribution in [2.45, 2.75) is 20.3 Å². The van der Waals surface area contributed by atoms with Crippen LogP contribution in [-0.4, -0.2) is 22.0 Å². The molecule has 1 N–H and O–H groups in total. The number of rotatable bonds is 5. The summed E-state index contributed by atoms with van der Waals surface area (Å²) in [5.74, 6) is -0.176. The molecule has 2 heterocycles. The number of pyridine rings is 1. The van der Waals surface area contributed by atoms with Crippen molar-refractivity contribution in [3.05, 3.63) is 82.4 Å². The van der Waals surface area contributed by atoms with Crippen molar-refractivity contribution in [1.29, 1.82) is 0 Å². The maximum Gasteiger partial charge on any atom is 0.252 e. The SMILES string of the molecule is Cc1ccc(C)n1-c1ccc(Cl)c(C(=O)NCCc2ccccn2)c1. The highest BCUT2D eigenvalue weighted by molar-refractivity contribution is 6.33. The quantitative estimate of drug-likeness (QED) is 0.750. The standard InChI is InChI=1S/C20H20ClN3O/c1-14-6-7-15(2)24(14)17-8-9-19(21)18(13-17)20(25)23-12-10-16-5-3-4-11-22-16/h3-9,11,13H,10,12H2,1-2H3,(H,23,25). The minimum atomic E-state index is -0.176. The van der Waals surface area contributed by atoms with Gasteiger partial charge in [0.2, 0.25) is 0 Å². The molecule has 0 atom stereocenters. The summed E-state index contributed by atoms with van der Waals surface area (Å²) in [6.45, 7) is 4.58. The number of aromatic nitrogens is 2. The van der Waals surface area contributed by atoms with E-state index >= 15 is 0 Å². The Morgan fingerprint density at radius 1 is 1.12 bits per heavy atom. The van der Waals surface area contributed by atoms with Crippen LogP contribution in [0.4, 0.5) is 0 Å². The molecule has 0 fully saturated rings. The molecule has 0 bridgehead atoms. The fraction of sp³-hybridized carbons (Fsp3) is 0.200. The lowest BCUT2D eigenvalue weighted by molar-refractivity contribution is 0.0954. The first-order valence-corrected chi connectivity index (χ1v) is 8.57. The second-order valence-electron chi connectivity index (χ2n) is 5.94. The maximum atomic E-state index is 12.5. The van der Waals surface area contributed by atoms with Crippen molar-refractivity contribution in [1.82, 2.24) is 14.9 Å². The minimum absolute atomic E-state index is 0.176. The predicted molar refractivity (Wildman–Crippen MR) is 101 cm³/mol. The number of benzene rings is 1. The van der Waals surface area contributed by atoms with Crippen LogP contribution in [0.15, 0.2) is 54.7 Å². The lowest BCUT2D eigenvalue weighted by Gasteiger charge is -2.12. The van der Waals surface area contributed by atoms with E-state index < -0.39 is 0 Å². The largest absolute Gasteiger partial charge is 0.352 e. The summed E-state index contributed by atoms with van der Waals surface area (Å²) < 4.78 is 2.10. The number of amides is 1. The zero-order chi connectivity index (χ0) is 17.8. The van der Waals surface area contributed by atoms with Crippen molar-refractivity contribution in [2.24, 2.45) is 0 Å². The van der Waals surface area contributed by atoms with Gasteiger partial charge in [0, 0.05) is 41.9 Å². The van der Waals surface area contributed by atoms with Gasteiger partial charge in [0.25, 0.3) is 5.91 Å². The predicted octanol–water partition coefficient (Wildman–Crippen LogP) is 4.12. The van der Waals surface area contributed by atoms with Gasteiger partial charge in [0.1, 0.15) is 0 Å². The summed E-state index contributed by atoms with van der Waals surface area (Å²) in [6.07, 6.45) is 2.43. The van der Waals surface area contributed by atoms with Crippen molar-refractivity contribution in [2.75, 3.05) is 6.54 Å². The number of carbonyl (C=O) groups excluding carboxylic acids is 1. The highest BCUT2D eigenvalue weighted by Gasteiger charge is 2.13. The third-order valence-corrected chi connectivity index (χ3v) is 4.45. The Balaban J connectivity index is 1.75. The Kier molecular flexibility index (Phi) is 5.19. The van der Waals surface area contributed by atoms with E-state index in [2.05, 4.69) is 27.0 Å². The van der Waals surface area contributed by atoms with E-state index in [-0.39, 0.29) is 5.91 Å². The number of hydrogen-bond donors (Lipinski definition) is 1. The molecule has 0 saturated carbocycles. The van der Waals surface area contributed by atoms with Gasteiger partial charge in [-0.25, -0.2) is 0 Å². The molecule has 2 aromatic heterocycles. The number of carbonyl (C=O) groups is 1. The normalized spacial score (nSPS) is 10.7. The number of aryl methyl sites for hydroxylation is 2. The molecule has 128 valence electrons. The topological polar surface area (TPSA) is 46.9 Å². The van der Waals surface area contributed by atoms with Gasteiger partial charge < -0.3 is 9.88 Å². The summed E-state index contributed by atoms with van der Waals surface area (Å²) in [7, 11) is 0. The average Bonchev–Trinajstić information content (AvgIpc) is 2.95. The van der Waals surface area contributed by atoms with Crippen LogP contribution >= 0.6 is 11.6 Å². The molecule has 0 saturated heterocycles. The van der Waals surface area contributed by atoms with Gasteiger partial charge in [0.15, 0.2) is 0 Å². The second-order valence-corrected chi connectivity index (χ2v) is 6.35. The first-order chi connectivity index (χ1) is 12.1. The minimum Gasteiger partial charge on any atom is -0.352 e. The van der Waals surface area contributed by atoms with Crippen LogP contribution in [0.5, 0.6) is 0 Å². The Labute approximate surface area is 152 Å². The van der Waals surface area contributed by atoms with E-state index in [1.165, 1.54) is 0 Å². The molecular weight excluding hydrogens is 334 g/mol. The van der Waals surface area contributed by atoms with Crippen molar-refractivity contribution < 1.29 is 4.79 Å². The summed E-state index contributed by atoms with van der Waals surface area (Å²) in [6, 6.07) is 15.4. The van der Waals surface area contributed by atoms with Crippen molar-refractivity contribution in [3.63, 3.8) is 0 Å². The lowest BCUT2D eigenvalue weighted by Crippen LogP contribution is -2.26. The molecule has 25 heavy (non-hydrogen) atoms. The molecular formula is C20H20ClN3O. The number of halogens is 1. The Hall–Kier alpha value is -2.59. The third-order valence-electron chi connectivity index (χ3n) is 4.12. The summed E-state index contributed by atoms with van der Waals surface area (Å²) in [5.41, 5.74) is 4.58. The maximum absolute atomic E-state index is 12.5. The van der Waals surface area contributed by atoms with E-state index in [0.717, 1.165) is 22.8 Å². The summed E-state index contributed by atoms with van der Waals surface area (Å²) in [5, 5.41) is 3.36. The van der Waals surface area contributed by atoms with Gasteiger partial charge >= 0.3 is 0 Å². The number of nitrogens with one attached hydrogen (secondary N) is 1. The van der Waals surface area contributed by atoms with Gasteiger partial charge in [-0.1, -0.05) is 17.7 Å². The summed E-state index contributed by atoms with van der Waals surface area (Å²) >= 11 is 6.25. The van der Waals surface area contributed by atoms with Gasteiger partial charge in [0.05, 0.1) is 10.6 Å². The third kappa shape index (κ3) is 3.91. The molecule has 0 aliphatic heterocycles. The van der Waals surface area contributed by atoms with Gasteiger partial charge in [-0.3, -0.25) is 9.78 Å². The molecule has 0 unspecified atom stereocenters. The molecule has 0 aliphatic rings. The number of nitrogens with zero attached hydrogens (tertiary/aromatic N) is 2. The lowest BCUT2D eigenvalue weighted by atomic mass is 10.1. The molecule has 1 amide bonds. The Bertz CT molecular complexity index is 868. The van der Waals surface area contributed by atoms with E-state index in [9.17, 15) is 4.79 Å². The van der Waals surface area contributed by atoms with Crippen LogP contribution in [-0.2, 0) is 6.42 Å². The fourth-order valence-electron chi connectivity index (χ4n) is 2.85. The van der Waals surface area contributed by atoms with Crippen molar-refractivity contribution >= 4 is 17.5 Å². The van der Waals surface area contributed by atoms with Gasteiger partial charge in [-0.15, -0.1) is 0 Å². The highest BCUT2D eigenvalue weighted by atomic mass is 35.5. The van der Waals surface area contributed by atoms with Crippen LogP contribution in [0.2, 0.25) is 5.02 Å². The van der Waals surface area contributed by atoms with E-state index in [1.807, 2.05) is 44.2 Å². The molecule has 0 radical (unpaired) electrons. The van der Waals surface area contributed by atoms with Crippen LogP contribution < -0.4 is 5.32 Å². The molecule has 4 nitrogen and oxygen atoms in total. The highest BCUT2D eigenvalue weighted by Crippen LogP contribution is 2.23. The molecule has 0 aliphatic carbocycles. The number of hydrogen-bond acceptors (Lipinski definition) is 2. The van der Waals surface area contributed by atoms with E-state index in [4.69, 9.17) is 11.6 Å². The van der Waals surface area contributed by atoms with Crippen LogP contribution in [0, 0.1) is 13.8 Å². The van der Waals surface area contributed by atoms with Crippen molar-refractivity contribution in [3.8, 4) is 5.69 Å². The van der Waals surface area contributed by atoms with Gasteiger partial charge in [-0.2, -0.15) is 0 Å². The van der Waals surface area contributed by atoms with Crippen LogP contribution in [0.3, 0.4) is 0 Å². The van der Waals surface area contributed by atoms with Gasteiger partial charge in [-0.05, 0) is 56.3 Å². The molecule has 3 rings (SSSR count).